The molecule has 3 rings (SSSR count). The van der Waals surface area contributed by atoms with Crippen molar-refractivity contribution in [2.45, 2.75) is 32.7 Å². The molecule has 1 N–H and O–H groups in total. The van der Waals surface area contributed by atoms with Gasteiger partial charge in [-0.25, -0.2) is 4.79 Å². The van der Waals surface area contributed by atoms with E-state index in [9.17, 15) is 9.59 Å². The van der Waals surface area contributed by atoms with E-state index in [2.05, 4.69) is 15.3 Å². The fourth-order valence-corrected chi connectivity index (χ4v) is 3.74. The molecule has 0 radical (unpaired) electrons. The number of likely N-dealkylation sites (N-methyl/N-ethyl adjacent to an activating group) is 1. The molecule has 2 fully saturated rings. The van der Waals surface area contributed by atoms with Crippen molar-refractivity contribution in [3.63, 3.8) is 0 Å². The molecule has 2 aliphatic rings. The standard InChI is InChI=1S/C17H28N6O2/c1-4-22-9-10-23(17(22)25)14-5-7-21(8-6-14)12-16(24)18-15-11-13(2)19-20(15)3/h11,14H,4-10,12H2,1-3H3,(H,18,24). The van der Waals surface area contributed by atoms with Crippen LogP contribution in [0.4, 0.5) is 10.6 Å². The first kappa shape index (κ1) is 17.7. The summed E-state index contributed by atoms with van der Waals surface area (Å²) in [6.45, 7) is 8.44. The van der Waals surface area contributed by atoms with Gasteiger partial charge in [-0.2, -0.15) is 5.10 Å². The second kappa shape index (κ2) is 7.43. The highest BCUT2D eigenvalue weighted by molar-refractivity contribution is 5.91. The van der Waals surface area contributed by atoms with Crippen LogP contribution in [-0.2, 0) is 11.8 Å². The molecule has 3 heterocycles. The molecule has 0 aromatic carbocycles. The third-order valence-corrected chi connectivity index (χ3v) is 5.14. The predicted octanol–water partition coefficient (Wildman–Crippen LogP) is 0.889. The maximum absolute atomic E-state index is 12.3. The fourth-order valence-electron chi connectivity index (χ4n) is 3.74. The highest BCUT2D eigenvalue weighted by Gasteiger charge is 2.34. The highest BCUT2D eigenvalue weighted by atomic mass is 16.2. The molecule has 8 heteroatoms. The van der Waals surface area contributed by atoms with Crippen LogP contribution in [-0.4, -0.2) is 81.7 Å². The van der Waals surface area contributed by atoms with E-state index < -0.39 is 0 Å². The number of aromatic nitrogens is 2. The van der Waals surface area contributed by atoms with Gasteiger partial charge in [0, 0.05) is 51.9 Å². The predicted molar refractivity (Wildman–Crippen MR) is 95.4 cm³/mol. The third-order valence-electron chi connectivity index (χ3n) is 5.14. The van der Waals surface area contributed by atoms with Crippen LogP contribution in [0.25, 0.3) is 0 Å². The van der Waals surface area contributed by atoms with Crippen molar-refractivity contribution < 1.29 is 9.59 Å². The Balaban J connectivity index is 1.45. The summed E-state index contributed by atoms with van der Waals surface area (Å²) in [5.41, 5.74) is 0.884. The second-order valence-corrected chi connectivity index (χ2v) is 6.91. The minimum Gasteiger partial charge on any atom is -0.323 e. The third kappa shape index (κ3) is 3.95. The maximum atomic E-state index is 12.3. The van der Waals surface area contributed by atoms with E-state index in [4.69, 9.17) is 0 Å². The Kier molecular flexibility index (Phi) is 5.27. The summed E-state index contributed by atoms with van der Waals surface area (Å²) in [5.74, 6) is 0.704. The first-order valence-corrected chi connectivity index (χ1v) is 9.06. The normalized spacial score (nSPS) is 19.7. The van der Waals surface area contributed by atoms with E-state index in [1.807, 2.05) is 36.8 Å². The first-order valence-electron chi connectivity index (χ1n) is 9.06. The molecule has 0 spiro atoms. The highest BCUT2D eigenvalue weighted by Crippen LogP contribution is 2.21. The van der Waals surface area contributed by atoms with Gasteiger partial charge in [0.2, 0.25) is 5.91 Å². The summed E-state index contributed by atoms with van der Waals surface area (Å²) >= 11 is 0. The molecule has 0 unspecified atom stereocenters. The number of aryl methyl sites for hydroxylation is 2. The molecule has 25 heavy (non-hydrogen) atoms. The number of rotatable bonds is 5. The van der Waals surface area contributed by atoms with Crippen LogP contribution in [0.5, 0.6) is 0 Å². The molecule has 1 aromatic heterocycles. The second-order valence-electron chi connectivity index (χ2n) is 6.91. The number of nitrogens with one attached hydrogen (secondary N) is 1. The molecule has 3 amide bonds. The molecular formula is C17H28N6O2. The lowest BCUT2D eigenvalue weighted by molar-refractivity contribution is -0.117. The molecule has 0 bridgehead atoms. The molecule has 0 aliphatic carbocycles. The van der Waals surface area contributed by atoms with Crippen LogP contribution in [0.15, 0.2) is 6.07 Å². The monoisotopic (exact) mass is 348 g/mol. The van der Waals surface area contributed by atoms with E-state index in [1.54, 1.807) is 4.68 Å². The van der Waals surface area contributed by atoms with Gasteiger partial charge in [-0.05, 0) is 26.7 Å². The van der Waals surface area contributed by atoms with Crippen LogP contribution in [0, 0.1) is 6.92 Å². The summed E-state index contributed by atoms with van der Waals surface area (Å²) < 4.78 is 1.68. The van der Waals surface area contributed by atoms with Crippen molar-refractivity contribution in [2.24, 2.45) is 7.05 Å². The number of anilines is 1. The van der Waals surface area contributed by atoms with Crippen LogP contribution in [0.3, 0.4) is 0 Å². The van der Waals surface area contributed by atoms with Crippen LogP contribution < -0.4 is 5.32 Å². The van der Waals surface area contributed by atoms with E-state index in [-0.39, 0.29) is 11.9 Å². The quantitative estimate of drug-likeness (QED) is 0.858. The molecule has 0 saturated carbocycles. The van der Waals surface area contributed by atoms with Crippen molar-refractivity contribution in [3.05, 3.63) is 11.8 Å². The Morgan fingerprint density at radius 2 is 2.00 bits per heavy atom. The molecule has 138 valence electrons. The van der Waals surface area contributed by atoms with Gasteiger partial charge >= 0.3 is 6.03 Å². The van der Waals surface area contributed by atoms with E-state index in [0.717, 1.165) is 57.1 Å². The van der Waals surface area contributed by atoms with Crippen molar-refractivity contribution in [1.82, 2.24) is 24.5 Å². The number of carbonyl (C=O) groups excluding carboxylic acids is 2. The molecule has 0 atom stereocenters. The van der Waals surface area contributed by atoms with Gasteiger partial charge in [-0.3, -0.25) is 14.4 Å². The van der Waals surface area contributed by atoms with Gasteiger partial charge in [0.25, 0.3) is 0 Å². The maximum Gasteiger partial charge on any atom is 0.320 e. The number of carbonyl (C=O) groups is 2. The van der Waals surface area contributed by atoms with Crippen molar-refractivity contribution in [2.75, 3.05) is 44.6 Å². The summed E-state index contributed by atoms with van der Waals surface area (Å²) in [6.07, 6.45) is 1.86. The Morgan fingerprint density at radius 1 is 1.28 bits per heavy atom. The first-order chi connectivity index (χ1) is 12.0. The smallest absolute Gasteiger partial charge is 0.320 e. The molecule has 2 aliphatic heterocycles. The number of hydrogen-bond donors (Lipinski definition) is 1. The van der Waals surface area contributed by atoms with Crippen LogP contribution in [0.2, 0.25) is 0 Å². The zero-order valence-electron chi connectivity index (χ0n) is 15.4. The van der Waals surface area contributed by atoms with Gasteiger partial charge in [-0.1, -0.05) is 0 Å². The van der Waals surface area contributed by atoms with Crippen LogP contribution in [0.1, 0.15) is 25.5 Å². The van der Waals surface area contributed by atoms with Gasteiger partial charge in [0.15, 0.2) is 0 Å². The van der Waals surface area contributed by atoms with Gasteiger partial charge < -0.3 is 15.1 Å². The summed E-state index contributed by atoms with van der Waals surface area (Å²) in [4.78, 5) is 30.6. The number of amides is 3. The topological polar surface area (TPSA) is 73.7 Å². The SMILES string of the molecule is CCN1CCN(C2CCN(CC(=O)Nc3cc(C)nn3C)CC2)C1=O. The Hall–Kier alpha value is -2.09. The number of nitrogens with zero attached hydrogens (tertiary/aromatic N) is 5. The molecule has 2 saturated heterocycles. The van der Waals surface area contributed by atoms with Gasteiger partial charge in [-0.15, -0.1) is 0 Å². The number of hydrogen-bond acceptors (Lipinski definition) is 4. The molecular weight excluding hydrogens is 320 g/mol. The van der Waals surface area contributed by atoms with E-state index >= 15 is 0 Å². The van der Waals surface area contributed by atoms with Gasteiger partial charge in [0.1, 0.15) is 5.82 Å². The number of urea groups is 1. The average Bonchev–Trinajstić information content (AvgIpc) is 3.10. The Labute approximate surface area is 148 Å². The van der Waals surface area contributed by atoms with E-state index in [0.29, 0.717) is 12.6 Å². The van der Waals surface area contributed by atoms with E-state index in [1.165, 1.54) is 0 Å². The van der Waals surface area contributed by atoms with Crippen molar-refractivity contribution >= 4 is 17.8 Å². The largest absolute Gasteiger partial charge is 0.323 e. The fraction of sp³-hybridized carbons (Fsp3) is 0.706. The minimum absolute atomic E-state index is 0.0177. The number of likely N-dealkylation sites (tertiary alicyclic amines) is 1. The molecule has 8 nitrogen and oxygen atoms in total. The van der Waals surface area contributed by atoms with Crippen molar-refractivity contribution in [3.8, 4) is 0 Å². The molecule has 1 aromatic rings. The summed E-state index contributed by atoms with van der Waals surface area (Å²) in [7, 11) is 1.82. The lowest BCUT2D eigenvalue weighted by Gasteiger charge is -2.36. The minimum atomic E-state index is -0.0177. The average molecular weight is 348 g/mol. The Morgan fingerprint density at radius 3 is 2.56 bits per heavy atom. The Bertz CT molecular complexity index is 635. The zero-order valence-corrected chi connectivity index (χ0v) is 15.4. The lowest BCUT2D eigenvalue weighted by atomic mass is 10.0. The lowest BCUT2D eigenvalue weighted by Crippen LogP contribution is -2.48. The summed E-state index contributed by atoms with van der Waals surface area (Å²) in [6, 6.07) is 2.34. The summed E-state index contributed by atoms with van der Waals surface area (Å²) in [5, 5.41) is 7.15. The van der Waals surface area contributed by atoms with Crippen LogP contribution >= 0.6 is 0 Å². The van der Waals surface area contributed by atoms with Crippen molar-refractivity contribution in [1.29, 1.82) is 0 Å². The van der Waals surface area contributed by atoms with Gasteiger partial charge in [0.05, 0.1) is 12.2 Å². The zero-order chi connectivity index (χ0) is 18.0. The number of piperidine rings is 1.